The topological polar surface area (TPSA) is 79.3 Å². The van der Waals surface area contributed by atoms with Gasteiger partial charge in [-0.05, 0) is 25.5 Å². The first-order valence-electron chi connectivity index (χ1n) is 5.78. The number of hydrogen-bond acceptors (Lipinski definition) is 4. The van der Waals surface area contributed by atoms with Gasteiger partial charge in [0.2, 0.25) is 5.91 Å². The molecule has 5 nitrogen and oxygen atoms in total. The molecule has 0 aliphatic carbocycles. The lowest BCUT2D eigenvalue weighted by molar-refractivity contribution is -0.136. The smallest absolute Gasteiger partial charge is 0.405 e. The summed E-state index contributed by atoms with van der Waals surface area (Å²) in [5.41, 5.74) is 0.998. The highest BCUT2D eigenvalue weighted by Gasteiger charge is 2.27. The zero-order valence-electron chi connectivity index (χ0n) is 11.2. The second-order valence-electron chi connectivity index (χ2n) is 4.25. The predicted octanol–water partition coefficient (Wildman–Crippen LogP) is 2.17. The van der Waals surface area contributed by atoms with E-state index < -0.39 is 24.6 Å². The van der Waals surface area contributed by atoms with E-state index in [1.165, 1.54) is 0 Å². The summed E-state index contributed by atoms with van der Waals surface area (Å²) in [5.74, 6) is -2.38. The lowest BCUT2D eigenvalue weighted by Crippen LogP contribution is -2.34. The van der Waals surface area contributed by atoms with Crippen molar-refractivity contribution in [3.05, 3.63) is 22.9 Å². The molecule has 0 atom stereocenters. The van der Waals surface area contributed by atoms with E-state index >= 15 is 0 Å². The summed E-state index contributed by atoms with van der Waals surface area (Å²) < 4.78 is 35.8. The van der Waals surface area contributed by atoms with Gasteiger partial charge >= 0.3 is 12.1 Å². The molecule has 0 unspecified atom stereocenters. The molecule has 1 amide bonds. The fourth-order valence-corrected chi connectivity index (χ4v) is 2.52. The van der Waals surface area contributed by atoms with Crippen LogP contribution in [0.4, 0.5) is 13.2 Å². The van der Waals surface area contributed by atoms with Crippen LogP contribution >= 0.6 is 11.8 Å². The second-order valence-corrected chi connectivity index (χ2v) is 5.21. The Balaban J connectivity index is 2.75. The number of hydrogen-bond donors (Lipinski definition) is 2. The molecule has 1 aromatic rings. The summed E-state index contributed by atoms with van der Waals surface area (Å²) in [5, 5.41) is 10.9. The molecule has 0 saturated carbocycles. The Labute approximate surface area is 122 Å². The van der Waals surface area contributed by atoms with Crippen molar-refractivity contribution >= 4 is 23.6 Å². The van der Waals surface area contributed by atoms with Crippen LogP contribution in [0.5, 0.6) is 0 Å². The Hall–Kier alpha value is -1.77. The third kappa shape index (κ3) is 5.62. The number of carboxylic acid groups (broad SMARTS) is 1. The molecule has 9 heteroatoms. The van der Waals surface area contributed by atoms with Crippen molar-refractivity contribution in [2.45, 2.75) is 25.0 Å². The number of carbonyl (C=O) groups is 2. The Bertz CT molecular complexity index is 561. The maximum Gasteiger partial charge on any atom is 0.405 e. The van der Waals surface area contributed by atoms with Crippen molar-refractivity contribution in [2.24, 2.45) is 0 Å². The molecule has 0 radical (unpaired) electrons. The number of carbonyl (C=O) groups excluding carboxylic acids is 1. The number of aryl methyl sites for hydroxylation is 2. The summed E-state index contributed by atoms with van der Waals surface area (Å²) >= 11 is 0.791. The number of aromatic carboxylic acids is 1. The van der Waals surface area contributed by atoms with E-state index in [-0.39, 0.29) is 16.3 Å². The lowest BCUT2D eigenvalue weighted by atomic mass is 10.1. The van der Waals surface area contributed by atoms with Crippen LogP contribution in [-0.4, -0.2) is 40.4 Å². The highest BCUT2D eigenvalue weighted by atomic mass is 32.2. The van der Waals surface area contributed by atoms with Crippen LogP contribution in [0.1, 0.15) is 21.6 Å². The molecule has 116 valence electrons. The van der Waals surface area contributed by atoms with Crippen LogP contribution < -0.4 is 5.32 Å². The minimum atomic E-state index is -4.48. The van der Waals surface area contributed by atoms with Crippen molar-refractivity contribution < 1.29 is 27.9 Å². The molecule has 21 heavy (non-hydrogen) atoms. The minimum absolute atomic E-state index is 0.0470. The van der Waals surface area contributed by atoms with Gasteiger partial charge in [0, 0.05) is 5.69 Å². The normalized spacial score (nSPS) is 11.3. The Kier molecular flexibility index (Phi) is 5.59. The zero-order chi connectivity index (χ0) is 16.2. The molecule has 0 saturated heterocycles. The number of nitrogens with one attached hydrogen (secondary N) is 1. The highest BCUT2D eigenvalue weighted by Crippen LogP contribution is 2.24. The van der Waals surface area contributed by atoms with E-state index in [1.807, 2.05) is 0 Å². The predicted molar refractivity (Wildman–Crippen MR) is 70.5 cm³/mol. The monoisotopic (exact) mass is 322 g/mol. The third-order valence-corrected chi connectivity index (χ3v) is 3.33. The number of amides is 1. The van der Waals surface area contributed by atoms with Gasteiger partial charge in [-0.3, -0.25) is 4.79 Å². The molecule has 0 aliphatic heterocycles. The van der Waals surface area contributed by atoms with E-state index in [1.54, 1.807) is 25.2 Å². The van der Waals surface area contributed by atoms with E-state index in [4.69, 9.17) is 5.11 Å². The van der Waals surface area contributed by atoms with Crippen LogP contribution in [0.15, 0.2) is 11.1 Å². The zero-order valence-corrected chi connectivity index (χ0v) is 12.1. The van der Waals surface area contributed by atoms with Gasteiger partial charge in [0.05, 0.1) is 11.3 Å². The van der Waals surface area contributed by atoms with Crippen molar-refractivity contribution in [1.82, 2.24) is 10.3 Å². The van der Waals surface area contributed by atoms with Crippen molar-refractivity contribution in [1.29, 1.82) is 0 Å². The van der Waals surface area contributed by atoms with Crippen LogP contribution in [0, 0.1) is 13.8 Å². The van der Waals surface area contributed by atoms with E-state index in [9.17, 15) is 22.8 Å². The molecule has 1 heterocycles. The first-order chi connectivity index (χ1) is 9.60. The first kappa shape index (κ1) is 17.3. The maximum atomic E-state index is 11.9. The summed E-state index contributed by atoms with van der Waals surface area (Å²) in [6.07, 6.45) is -4.48. The van der Waals surface area contributed by atoms with Crippen molar-refractivity contribution in [2.75, 3.05) is 12.3 Å². The summed E-state index contributed by atoms with van der Waals surface area (Å²) in [7, 11) is 0. The van der Waals surface area contributed by atoms with Crippen LogP contribution in [0.2, 0.25) is 0 Å². The maximum absolute atomic E-state index is 11.9. The van der Waals surface area contributed by atoms with Crippen molar-refractivity contribution in [3.8, 4) is 0 Å². The average molecular weight is 322 g/mol. The second kappa shape index (κ2) is 6.79. The van der Waals surface area contributed by atoms with Gasteiger partial charge < -0.3 is 10.4 Å². The number of alkyl halides is 3. The Morgan fingerprint density at radius 1 is 1.38 bits per heavy atom. The number of thioether (sulfide) groups is 1. The molecular weight excluding hydrogens is 309 g/mol. The average Bonchev–Trinajstić information content (AvgIpc) is 2.31. The largest absolute Gasteiger partial charge is 0.478 e. The highest BCUT2D eigenvalue weighted by molar-refractivity contribution is 8.00. The molecule has 2 N–H and O–H groups in total. The fraction of sp³-hybridized carbons (Fsp3) is 0.417. The van der Waals surface area contributed by atoms with Crippen LogP contribution in [0.3, 0.4) is 0 Å². The Morgan fingerprint density at radius 3 is 2.52 bits per heavy atom. The van der Waals surface area contributed by atoms with E-state index in [2.05, 4.69) is 4.98 Å². The fourth-order valence-electron chi connectivity index (χ4n) is 1.55. The van der Waals surface area contributed by atoms with Gasteiger partial charge in [-0.25, -0.2) is 9.78 Å². The van der Waals surface area contributed by atoms with Gasteiger partial charge in [-0.15, -0.1) is 0 Å². The number of pyridine rings is 1. The van der Waals surface area contributed by atoms with Gasteiger partial charge in [-0.1, -0.05) is 11.8 Å². The van der Waals surface area contributed by atoms with E-state index in [0.29, 0.717) is 11.3 Å². The molecule has 0 aliphatic rings. The van der Waals surface area contributed by atoms with Gasteiger partial charge in [-0.2, -0.15) is 13.2 Å². The number of halogens is 3. The first-order valence-corrected chi connectivity index (χ1v) is 6.76. The van der Waals surface area contributed by atoms with E-state index in [0.717, 1.165) is 11.8 Å². The minimum Gasteiger partial charge on any atom is -0.478 e. The van der Waals surface area contributed by atoms with Gasteiger partial charge in [0.1, 0.15) is 11.6 Å². The lowest BCUT2D eigenvalue weighted by Gasteiger charge is -2.10. The molecule has 1 aromatic heterocycles. The van der Waals surface area contributed by atoms with Gasteiger partial charge in [0.15, 0.2) is 0 Å². The molecule has 0 fully saturated rings. The number of rotatable bonds is 5. The number of aromatic nitrogens is 1. The number of carboxylic acids is 1. The SMILES string of the molecule is Cc1cc(C)c(C(=O)O)c(SCC(=O)NCC(F)(F)F)n1. The third-order valence-electron chi connectivity index (χ3n) is 2.35. The summed E-state index contributed by atoms with van der Waals surface area (Å²) in [6.45, 7) is 1.83. The Morgan fingerprint density at radius 2 is 2.00 bits per heavy atom. The summed E-state index contributed by atoms with van der Waals surface area (Å²) in [6, 6.07) is 1.58. The molecule has 0 aromatic carbocycles. The quantitative estimate of drug-likeness (QED) is 0.812. The van der Waals surface area contributed by atoms with Gasteiger partial charge in [0.25, 0.3) is 0 Å². The van der Waals surface area contributed by atoms with Crippen LogP contribution in [-0.2, 0) is 4.79 Å². The molecule has 0 spiro atoms. The summed E-state index contributed by atoms with van der Waals surface area (Å²) in [4.78, 5) is 26.5. The van der Waals surface area contributed by atoms with Crippen LogP contribution in [0.25, 0.3) is 0 Å². The van der Waals surface area contributed by atoms with Crippen molar-refractivity contribution in [3.63, 3.8) is 0 Å². The molecule has 0 bridgehead atoms. The standard InChI is InChI=1S/C12H13F3N2O3S/c1-6-3-7(2)17-10(9(6)11(19)20)21-4-8(18)16-5-12(13,14)15/h3H,4-5H2,1-2H3,(H,16,18)(H,19,20). The molecule has 1 rings (SSSR count). The molecular formula is C12H13F3N2O3S. The number of nitrogens with zero attached hydrogens (tertiary/aromatic N) is 1.